The van der Waals surface area contributed by atoms with Crippen LogP contribution in [0.3, 0.4) is 0 Å². The van der Waals surface area contributed by atoms with Gasteiger partial charge in [-0.05, 0) is 62.8 Å². The Morgan fingerprint density at radius 1 is 1.09 bits per heavy atom. The molecule has 13 heteroatoms. The monoisotopic (exact) mass is 610 g/mol. The Kier molecular flexibility index (Phi) is 10.1. The van der Waals surface area contributed by atoms with E-state index in [2.05, 4.69) is 25.7 Å². The van der Waals surface area contributed by atoms with Gasteiger partial charge in [0.1, 0.15) is 5.69 Å². The highest BCUT2D eigenvalue weighted by molar-refractivity contribution is 5.92. The first-order valence-electron chi connectivity index (χ1n) is 14.7. The number of fused-ring (bicyclic) bond motifs is 1. The molecule has 236 valence electrons. The lowest BCUT2D eigenvalue weighted by molar-refractivity contribution is -0.188. The molecule has 43 heavy (non-hydrogen) atoms. The van der Waals surface area contributed by atoms with Gasteiger partial charge in [-0.15, -0.1) is 0 Å². The minimum absolute atomic E-state index is 0.0238. The number of nitrogens with one attached hydrogen (secondary N) is 3. The lowest BCUT2D eigenvalue weighted by Gasteiger charge is -2.34. The second-order valence-corrected chi connectivity index (χ2v) is 12.0. The molecule has 6 rings (SSSR count). The summed E-state index contributed by atoms with van der Waals surface area (Å²) in [6.45, 7) is 4.19. The third-order valence-corrected chi connectivity index (χ3v) is 7.71. The number of alkyl halides is 5. The van der Waals surface area contributed by atoms with Crippen LogP contribution in [0.15, 0.2) is 36.8 Å². The van der Waals surface area contributed by atoms with Crippen LogP contribution in [0.5, 0.6) is 0 Å². The van der Waals surface area contributed by atoms with Crippen LogP contribution in [0, 0.1) is 11.3 Å². The van der Waals surface area contributed by atoms with Gasteiger partial charge >= 0.3 is 6.18 Å². The number of rotatable bonds is 9. The summed E-state index contributed by atoms with van der Waals surface area (Å²) in [5, 5.41) is 9.33. The second kappa shape index (κ2) is 13.4. The number of benzene rings is 1. The number of amides is 2. The van der Waals surface area contributed by atoms with E-state index in [1.165, 1.54) is 25.5 Å². The number of aromatic amines is 1. The third kappa shape index (κ3) is 9.24. The second-order valence-electron chi connectivity index (χ2n) is 12.0. The molecule has 2 amide bonds. The first kappa shape index (κ1) is 32.4. The van der Waals surface area contributed by atoms with Crippen LogP contribution < -0.4 is 10.6 Å². The van der Waals surface area contributed by atoms with Crippen molar-refractivity contribution in [3.05, 3.63) is 48.0 Å². The summed E-state index contributed by atoms with van der Waals surface area (Å²) in [4.78, 5) is 30.7. The van der Waals surface area contributed by atoms with Gasteiger partial charge in [-0.2, -0.15) is 18.3 Å². The van der Waals surface area contributed by atoms with Crippen molar-refractivity contribution in [1.82, 2.24) is 30.4 Å². The molecule has 8 nitrogen and oxygen atoms in total. The Labute approximate surface area is 247 Å². The number of imidazole rings is 1. The zero-order chi connectivity index (χ0) is 31.3. The Hall–Kier alpha value is -3.51. The molecule has 0 aliphatic heterocycles. The van der Waals surface area contributed by atoms with E-state index in [1.54, 1.807) is 17.1 Å². The van der Waals surface area contributed by atoms with Crippen LogP contribution in [0.2, 0.25) is 0 Å². The Bertz CT molecular complexity index is 1370. The number of H-pyrrole nitrogens is 1. The predicted molar refractivity (Wildman–Crippen MR) is 151 cm³/mol. The molecular formula is C30H39F5N6O2. The number of carbonyl (C=O) groups excluding carboxylic acids is 2. The molecule has 3 saturated carbocycles. The van der Waals surface area contributed by atoms with Gasteiger partial charge in [-0.3, -0.25) is 14.3 Å². The van der Waals surface area contributed by atoms with E-state index < -0.39 is 17.5 Å². The molecule has 3 aliphatic rings. The lowest BCUT2D eigenvalue weighted by Crippen LogP contribution is -2.38. The highest BCUT2D eigenvalue weighted by Gasteiger charge is 2.62. The van der Waals surface area contributed by atoms with E-state index >= 15 is 0 Å². The van der Waals surface area contributed by atoms with Crippen molar-refractivity contribution < 1.29 is 31.5 Å². The van der Waals surface area contributed by atoms with Gasteiger partial charge in [0.05, 0.1) is 22.8 Å². The molecule has 1 aromatic carbocycles. The molecule has 3 N–H and O–H groups in total. The van der Waals surface area contributed by atoms with Gasteiger partial charge in [0, 0.05) is 44.6 Å². The van der Waals surface area contributed by atoms with Gasteiger partial charge in [-0.25, -0.2) is 13.8 Å². The van der Waals surface area contributed by atoms with E-state index in [-0.39, 0.29) is 68.8 Å². The molecule has 3 aromatic rings. The van der Waals surface area contributed by atoms with Crippen molar-refractivity contribution in [2.75, 3.05) is 6.54 Å². The number of hydrogen-bond acceptors (Lipinski definition) is 4. The maximum Gasteiger partial charge on any atom is 0.394 e. The largest absolute Gasteiger partial charge is 0.394 e. The summed E-state index contributed by atoms with van der Waals surface area (Å²) in [6, 6.07) is 7.27. The van der Waals surface area contributed by atoms with Crippen LogP contribution >= 0.6 is 0 Å². The fourth-order valence-electron chi connectivity index (χ4n) is 4.79. The SMILES string of the molecule is C1CC1.CC(C)n1nccc1C(=O)NCCC1(C(F)(F)F)CC1.O=C(CC1CC(F)(F)C1)NCc1ccc2nc[nH]c2c1. The molecule has 0 atom stereocenters. The van der Waals surface area contributed by atoms with Crippen molar-refractivity contribution in [1.29, 1.82) is 0 Å². The van der Waals surface area contributed by atoms with Crippen LogP contribution in [0.25, 0.3) is 11.0 Å². The smallest absolute Gasteiger partial charge is 0.352 e. The molecule has 3 aliphatic carbocycles. The minimum Gasteiger partial charge on any atom is -0.352 e. The fourth-order valence-corrected chi connectivity index (χ4v) is 4.79. The quantitative estimate of drug-likeness (QED) is 0.234. The Morgan fingerprint density at radius 3 is 2.37 bits per heavy atom. The third-order valence-electron chi connectivity index (χ3n) is 7.71. The van der Waals surface area contributed by atoms with Gasteiger partial charge in [0.2, 0.25) is 11.8 Å². The highest BCUT2D eigenvalue weighted by atomic mass is 19.4. The van der Waals surface area contributed by atoms with Crippen LogP contribution in [0.4, 0.5) is 22.0 Å². The zero-order valence-corrected chi connectivity index (χ0v) is 24.4. The average molecular weight is 611 g/mol. The molecule has 2 heterocycles. The molecule has 0 unspecified atom stereocenters. The average Bonchev–Trinajstić information content (AvgIpc) is 3.85. The number of nitrogens with zero attached hydrogens (tertiary/aromatic N) is 3. The van der Waals surface area contributed by atoms with Gasteiger partial charge in [0.15, 0.2) is 0 Å². The normalized spacial score (nSPS) is 18.0. The Balaban J connectivity index is 0.000000179. The molecular weight excluding hydrogens is 571 g/mol. The van der Waals surface area contributed by atoms with Crippen molar-refractivity contribution in [3.63, 3.8) is 0 Å². The summed E-state index contributed by atoms with van der Waals surface area (Å²) in [5.41, 5.74) is 1.54. The maximum atomic E-state index is 12.7. The lowest BCUT2D eigenvalue weighted by atomic mass is 9.79. The van der Waals surface area contributed by atoms with Gasteiger partial charge < -0.3 is 15.6 Å². The summed E-state index contributed by atoms with van der Waals surface area (Å²) < 4.78 is 65.1. The standard InChI is InChI=1S/C14H15F2N3O.C13H18F3N3O.C3H6/c15-14(16)5-10(6-14)4-13(20)17-7-9-1-2-11-12(3-9)19-8-18-11;1-9(2)19-10(3-7-18-19)11(20)17-8-6-12(4-5-12)13(14,15)16;1-2-3-1/h1-3,8,10H,4-7H2,(H,17,20)(H,18,19);3,7,9H,4-6,8H2,1-2H3,(H,17,20);1-3H2. The minimum atomic E-state index is -4.17. The first-order valence-corrected chi connectivity index (χ1v) is 14.7. The number of halogens is 5. The van der Waals surface area contributed by atoms with E-state index in [0.717, 1.165) is 16.6 Å². The fraction of sp³-hybridized carbons (Fsp3) is 0.600. The number of aromatic nitrogens is 4. The zero-order valence-electron chi connectivity index (χ0n) is 24.4. The topological polar surface area (TPSA) is 105 Å². The van der Waals surface area contributed by atoms with E-state index in [1.807, 2.05) is 32.0 Å². The van der Waals surface area contributed by atoms with Crippen molar-refractivity contribution >= 4 is 22.8 Å². The summed E-state index contributed by atoms with van der Waals surface area (Å²) in [5.74, 6) is -3.29. The summed E-state index contributed by atoms with van der Waals surface area (Å²) in [7, 11) is 0. The molecule has 0 radical (unpaired) electrons. The molecule has 0 saturated heterocycles. The van der Waals surface area contributed by atoms with Crippen molar-refractivity contribution in [3.8, 4) is 0 Å². The molecule has 3 fully saturated rings. The van der Waals surface area contributed by atoms with Gasteiger partial charge in [-0.1, -0.05) is 25.3 Å². The number of carbonyl (C=O) groups is 2. The molecule has 0 bridgehead atoms. The number of hydrogen-bond donors (Lipinski definition) is 3. The van der Waals surface area contributed by atoms with Gasteiger partial charge in [0.25, 0.3) is 5.91 Å². The summed E-state index contributed by atoms with van der Waals surface area (Å²) >= 11 is 0. The van der Waals surface area contributed by atoms with Crippen molar-refractivity contribution in [2.45, 2.75) is 96.3 Å². The molecule has 2 aromatic heterocycles. The van der Waals surface area contributed by atoms with E-state index in [0.29, 0.717) is 12.2 Å². The predicted octanol–water partition coefficient (Wildman–Crippen LogP) is 6.71. The van der Waals surface area contributed by atoms with E-state index in [9.17, 15) is 31.5 Å². The van der Waals surface area contributed by atoms with Crippen LogP contribution in [-0.2, 0) is 11.3 Å². The van der Waals surface area contributed by atoms with E-state index in [4.69, 9.17) is 0 Å². The van der Waals surface area contributed by atoms with Crippen molar-refractivity contribution in [2.24, 2.45) is 11.3 Å². The Morgan fingerprint density at radius 2 is 1.79 bits per heavy atom. The van der Waals surface area contributed by atoms with Crippen LogP contribution in [0.1, 0.15) is 93.7 Å². The molecule has 0 spiro atoms. The van der Waals surface area contributed by atoms with Crippen LogP contribution in [-0.4, -0.2) is 50.2 Å². The first-order chi connectivity index (χ1) is 20.3. The summed E-state index contributed by atoms with van der Waals surface area (Å²) in [6.07, 6.45) is 3.57. The highest BCUT2D eigenvalue weighted by Crippen LogP contribution is 2.59. The maximum absolute atomic E-state index is 12.7.